The molecule has 3 rings (SSSR count). The second kappa shape index (κ2) is 4.80. The molecule has 0 radical (unpaired) electrons. The number of pyridine rings is 1. The molecule has 0 spiro atoms. The van der Waals surface area contributed by atoms with Crippen LogP contribution in [0.3, 0.4) is 0 Å². The summed E-state index contributed by atoms with van der Waals surface area (Å²) in [5, 5.41) is 8.26. The van der Waals surface area contributed by atoms with Gasteiger partial charge in [-0.3, -0.25) is 4.79 Å². The summed E-state index contributed by atoms with van der Waals surface area (Å²) in [7, 11) is 0. The fourth-order valence-corrected chi connectivity index (χ4v) is 2.62. The van der Waals surface area contributed by atoms with Gasteiger partial charge >= 0.3 is 0 Å². The van der Waals surface area contributed by atoms with Crippen molar-refractivity contribution in [3.63, 3.8) is 0 Å². The number of hydrogen-bond donors (Lipinski definition) is 0. The van der Waals surface area contributed by atoms with Crippen LogP contribution in [-0.4, -0.2) is 21.0 Å². The number of ketones is 1. The van der Waals surface area contributed by atoms with Crippen molar-refractivity contribution >= 4 is 17.1 Å². The average molecular weight is 283 g/mol. The summed E-state index contributed by atoms with van der Waals surface area (Å²) < 4.78 is 0. The first-order valence-corrected chi connectivity index (χ1v) is 7.27. The lowest BCUT2D eigenvalue weighted by atomic mass is 9.75. The van der Waals surface area contributed by atoms with Crippen molar-refractivity contribution in [3.05, 3.63) is 39.6 Å². The maximum absolute atomic E-state index is 12.3. The lowest BCUT2D eigenvalue weighted by Gasteiger charge is -2.28. The van der Waals surface area contributed by atoms with Crippen LogP contribution in [0.2, 0.25) is 0 Å². The van der Waals surface area contributed by atoms with Gasteiger partial charge in [-0.15, -0.1) is 10.2 Å². The van der Waals surface area contributed by atoms with E-state index in [2.05, 4.69) is 27.0 Å². The fourth-order valence-electron chi connectivity index (χ4n) is 2.22. The molecule has 0 amide bonds. The zero-order valence-electron chi connectivity index (χ0n) is 11.3. The fraction of sp³-hybridized carbons (Fsp3) is 0.333. The number of Topliss-reactive ketones (excluding diaryl/α,β-unsaturated/α-hetero) is 1. The largest absolute Gasteiger partial charge is 0.294 e. The third kappa shape index (κ3) is 2.35. The molecule has 100 valence electrons. The van der Waals surface area contributed by atoms with Crippen molar-refractivity contribution in [1.29, 1.82) is 0 Å². The summed E-state index contributed by atoms with van der Waals surface area (Å²) in [5.74, 6) is 6.07. The summed E-state index contributed by atoms with van der Waals surface area (Å²) in [6.07, 6.45) is 1.65. The van der Waals surface area contributed by atoms with Gasteiger partial charge < -0.3 is 0 Å². The zero-order chi connectivity index (χ0) is 14.2. The molecule has 0 saturated heterocycles. The van der Waals surface area contributed by atoms with Gasteiger partial charge in [0.15, 0.2) is 10.8 Å². The second-order valence-corrected chi connectivity index (χ2v) is 6.23. The van der Waals surface area contributed by atoms with Crippen LogP contribution in [0, 0.1) is 17.3 Å². The van der Waals surface area contributed by atoms with Crippen LogP contribution in [0.5, 0.6) is 0 Å². The van der Waals surface area contributed by atoms with Crippen molar-refractivity contribution in [3.8, 4) is 11.8 Å². The third-order valence-corrected chi connectivity index (χ3v) is 4.08. The first-order chi connectivity index (χ1) is 9.56. The maximum atomic E-state index is 12.3. The van der Waals surface area contributed by atoms with E-state index in [1.165, 1.54) is 11.3 Å². The number of carbonyl (C=O) groups excluding carboxylic acids is 1. The molecular weight excluding hydrogens is 270 g/mol. The molecule has 0 aromatic carbocycles. The predicted octanol–water partition coefficient (Wildman–Crippen LogP) is 2.49. The molecular formula is C15H13N3OS. The number of carbonyl (C=O) groups is 1. The van der Waals surface area contributed by atoms with Crippen LogP contribution >= 0.6 is 11.3 Å². The molecule has 0 saturated carbocycles. The van der Waals surface area contributed by atoms with E-state index in [1.807, 2.05) is 19.9 Å². The molecule has 5 heteroatoms. The van der Waals surface area contributed by atoms with Crippen LogP contribution < -0.4 is 0 Å². The molecule has 1 aliphatic carbocycles. The first-order valence-electron chi connectivity index (χ1n) is 6.39. The number of fused-ring (bicyclic) bond motifs is 1. The standard InChI is InChI=1S/C15H13N3OS/c1-15(2)8-7-12-11(14(15)19)5-3-10(17-12)4-6-13-18-16-9-20-13/h3,5,9H,7-8H2,1-2H3. The predicted molar refractivity (Wildman–Crippen MR) is 76.6 cm³/mol. The minimum atomic E-state index is -0.283. The normalized spacial score (nSPS) is 16.2. The smallest absolute Gasteiger partial charge is 0.191 e. The van der Waals surface area contributed by atoms with Crippen molar-refractivity contribution < 1.29 is 4.79 Å². The van der Waals surface area contributed by atoms with Crippen LogP contribution in [-0.2, 0) is 6.42 Å². The van der Waals surface area contributed by atoms with Crippen molar-refractivity contribution in [1.82, 2.24) is 15.2 Å². The van der Waals surface area contributed by atoms with Gasteiger partial charge in [-0.05, 0) is 36.8 Å². The molecule has 0 N–H and O–H groups in total. The van der Waals surface area contributed by atoms with Gasteiger partial charge in [0.1, 0.15) is 11.2 Å². The van der Waals surface area contributed by atoms with Crippen LogP contribution in [0.25, 0.3) is 0 Å². The molecule has 2 aromatic rings. The molecule has 0 unspecified atom stereocenters. The molecule has 20 heavy (non-hydrogen) atoms. The summed E-state index contributed by atoms with van der Waals surface area (Å²) >= 11 is 1.39. The van der Waals surface area contributed by atoms with Gasteiger partial charge in [0.25, 0.3) is 0 Å². The van der Waals surface area contributed by atoms with E-state index < -0.39 is 0 Å². The van der Waals surface area contributed by atoms with E-state index in [9.17, 15) is 4.79 Å². The van der Waals surface area contributed by atoms with E-state index in [1.54, 1.807) is 11.6 Å². The highest BCUT2D eigenvalue weighted by Crippen LogP contribution is 2.33. The highest BCUT2D eigenvalue weighted by molar-refractivity contribution is 7.09. The molecule has 0 atom stereocenters. The SMILES string of the molecule is CC1(C)CCc2nc(C#Cc3nncs3)ccc2C1=O. The van der Waals surface area contributed by atoms with Gasteiger partial charge in [-0.2, -0.15) is 0 Å². The third-order valence-electron chi connectivity index (χ3n) is 3.48. The zero-order valence-corrected chi connectivity index (χ0v) is 12.1. The van der Waals surface area contributed by atoms with E-state index in [0.29, 0.717) is 10.7 Å². The average Bonchev–Trinajstić information content (AvgIpc) is 2.94. The van der Waals surface area contributed by atoms with Crippen LogP contribution in [0.15, 0.2) is 17.6 Å². The lowest BCUT2D eigenvalue weighted by molar-refractivity contribution is 0.0809. The highest BCUT2D eigenvalue weighted by atomic mass is 32.1. The number of nitrogens with zero attached hydrogens (tertiary/aromatic N) is 3. The highest BCUT2D eigenvalue weighted by Gasteiger charge is 2.34. The van der Waals surface area contributed by atoms with E-state index in [4.69, 9.17) is 0 Å². The minimum absolute atomic E-state index is 0.176. The van der Waals surface area contributed by atoms with Gasteiger partial charge in [-0.1, -0.05) is 25.2 Å². The summed E-state index contributed by atoms with van der Waals surface area (Å²) in [6, 6.07) is 3.64. The Morgan fingerprint density at radius 1 is 1.30 bits per heavy atom. The first kappa shape index (κ1) is 12.9. The van der Waals surface area contributed by atoms with Gasteiger partial charge in [-0.25, -0.2) is 4.98 Å². The van der Waals surface area contributed by atoms with Crippen molar-refractivity contribution in [2.24, 2.45) is 5.41 Å². The molecule has 2 heterocycles. The summed E-state index contributed by atoms with van der Waals surface area (Å²) in [4.78, 5) is 16.8. The molecule has 4 nitrogen and oxygen atoms in total. The number of hydrogen-bond acceptors (Lipinski definition) is 5. The number of rotatable bonds is 0. The van der Waals surface area contributed by atoms with Gasteiger partial charge in [0, 0.05) is 11.0 Å². The lowest BCUT2D eigenvalue weighted by Crippen LogP contribution is -2.31. The number of aromatic nitrogens is 3. The molecule has 0 bridgehead atoms. The Labute approximate surface area is 121 Å². The summed E-state index contributed by atoms with van der Waals surface area (Å²) in [6.45, 7) is 3.98. The molecule has 0 aliphatic heterocycles. The Balaban J connectivity index is 1.93. The Kier molecular flexibility index (Phi) is 3.11. The molecule has 1 aliphatic rings. The Bertz CT molecular complexity index is 723. The van der Waals surface area contributed by atoms with Crippen LogP contribution in [0.4, 0.5) is 0 Å². The van der Waals surface area contributed by atoms with Crippen molar-refractivity contribution in [2.45, 2.75) is 26.7 Å². The quantitative estimate of drug-likeness (QED) is 0.697. The Morgan fingerprint density at radius 3 is 2.90 bits per heavy atom. The van der Waals surface area contributed by atoms with Gasteiger partial charge in [0.2, 0.25) is 0 Å². The van der Waals surface area contributed by atoms with E-state index >= 15 is 0 Å². The Hall–Kier alpha value is -2.06. The topological polar surface area (TPSA) is 55.7 Å². The van der Waals surface area contributed by atoms with E-state index in [-0.39, 0.29) is 11.2 Å². The molecule has 2 aromatic heterocycles. The number of aryl methyl sites for hydroxylation is 1. The summed E-state index contributed by atoms with van der Waals surface area (Å²) in [5.41, 5.74) is 3.63. The second-order valence-electron chi connectivity index (χ2n) is 5.40. The van der Waals surface area contributed by atoms with Crippen molar-refractivity contribution in [2.75, 3.05) is 0 Å². The molecule has 0 fully saturated rings. The monoisotopic (exact) mass is 283 g/mol. The van der Waals surface area contributed by atoms with Gasteiger partial charge in [0.05, 0.1) is 5.69 Å². The minimum Gasteiger partial charge on any atom is -0.294 e. The Morgan fingerprint density at radius 2 is 2.15 bits per heavy atom. The van der Waals surface area contributed by atoms with Crippen LogP contribution in [0.1, 0.15) is 47.0 Å². The van der Waals surface area contributed by atoms with E-state index in [0.717, 1.165) is 24.1 Å². The maximum Gasteiger partial charge on any atom is 0.191 e.